The van der Waals surface area contributed by atoms with E-state index in [-0.39, 0.29) is 55.3 Å². The largest absolute Gasteiger partial charge is 0.462 e. The van der Waals surface area contributed by atoms with Gasteiger partial charge in [-0.05, 0) is 103 Å². The number of carbonyl (C=O) groups is 5. The van der Waals surface area contributed by atoms with E-state index < -0.39 is 90.3 Å². The van der Waals surface area contributed by atoms with Crippen LogP contribution in [-0.4, -0.2) is 167 Å². The number of nitrogens with zero attached hydrogens (tertiary/aromatic N) is 2. The standard InChI is InChI=1S/C58H99N3O14/c1-37-26-27-38(2)50(71-17)30-29-40(4)55(75-58(68)48(59-11)35-69-15)42(6)49(64)23-19-18-20-25-53(65)73-51(24-21-22-47(34-37)70-16)43(7)54(66)39(3)28-31-52(74-57(67)45(9)60(12)13)44(8)56(72-46(10)63)41(5)32-33-61(14)36-62/h18-22,25,27,32-33,36-37,39-45,47-52,54-56,59,64,66H,23-24,26,28-31,34-35H2,1-17H3/b19-18+,22-21+,25-20+,33-32+,38-27+/t37-,39+,40-,41-,42-,43-,44+,45?,47+,48?,49-,50+,51+,52-,54+,55-,56-/m1/s1. The number of likely N-dealkylation sites (N-methyl/N-ethyl adjacent to an activating group) is 2. The number of rotatable bonds is 23. The van der Waals surface area contributed by atoms with Gasteiger partial charge in [-0.15, -0.1) is 0 Å². The van der Waals surface area contributed by atoms with E-state index in [0.717, 1.165) is 12.0 Å². The van der Waals surface area contributed by atoms with E-state index in [0.29, 0.717) is 38.5 Å². The number of amides is 1. The van der Waals surface area contributed by atoms with Crippen molar-refractivity contribution in [2.75, 3.05) is 56.1 Å². The average molecular weight is 1060 g/mol. The summed E-state index contributed by atoms with van der Waals surface area (Å²) in [5.74, 6) is -4.17. The first-order chi connectivity index (χ1) is 35.4. The molecule has 0 saturated heterocycles. The van der Waals surface area contributed by atoms with Gasteiger partial charge in [-0.2, -0.15) is 0 Å². The molecule has 3 N–H and O–H groups in total. The van der Waals surface area contributed by atoms with E-state index in [2.05, 4.69) is 25.2 Å². The van der Waals surface area contributed by atoms with Gasteiger partial charge >= 0.3 is 23.9 Å². The molecule has 75 heavy (non-hydrogen) atoms. The van der Waals surface area contributed by atoms with Gasteiger partial charge < -0.3 is 53.6 Å². The van der Waals surface area contributed by atoms with Gasteiger partial charge in [0.25, 0.3) is 0 Å². The Morgan fingerprint density at radius 1 is 0.920 bits per heavy atom. The second kappa shape index (κ2) is 36.7. The van der Waals surface area contributed by atoms with Gasteiger partial charge in [-0.1, -0.05) is 91.0 Å². The third-order valence-electron chi connectivity index (χ3n) is 14.9. The van der Waals surface area contributed by atoms with Crippen molar-refractivity contribution < 1.29 is 67.3 Å². The molecule has 0 aromatic heterocycles. The van der Waals surface area contributed by atoms with E-state index in [1.54, 1.807) is 84.7 Å². The minimum atomic E-state index is -0.966. The first-order valence-electron chi connectivity index (χ1n) is 26.9. The van der Waals surface area contributed by atoms with Crippen LogP contribution in [0, 0.1) is 41.4 Å². The summed E-state index contributed by atoms with van der Waals surface area (Å²) in [6.07, 6.45) is 15.3. The summed E-state index contributed by atoms with van der Waals surface area (Å²) >= 11 is 0. The number of carbonyl (C=O) groups excluding carboxylic acids is 5. The zero-order chi connectivity index (χ0) is 56.9. The number of ether oxygens (including phenoxy) is 7. The molecule has 2 unspecified atom stereocenters. The summed E-state index contributed by atoms with van der Waals surface area (Å²) in [4.78, 5) is 67.2. The zero-order valence-electron chi connectivity index (χ0n) is 48.6. The van der Waals surface area contributed by atoms with E-state index in [1.807, 2.05) is 53.7 Å². The number of aliphatic hydroxyl groups excluding tert-OH is 2. The fourth-order valence-electron chi connectivity index (χ4n) is 9.29. The monoisotopic (exact) mass is 1060 g/mol. The Labute approximate surface area is 450 Å². The summed E-state index contributed by atoms with van der Waals surface area (Å²) in [5.41, 5.74) is 1.09. The lowest BCUT2D eigenvalue weighted by Crippen LogP contribution is -2.45. The summed E-state index contributed by atoms with van der Waals surface area (Å²) in [7, 11) is 11.7. The first-order valence-corrected chi connectivity index (χ1v) is 26.9. The third-order valence-corrected chi connectivity index (χ3v) is 14.9. The minimum absolute atomic E-state index is 0.127. The van der Waals surface area contributed by atoms with Crippen molar-refractivity contribution in [1.29, 1.82) is 0 Å². The summed E-state index contributed by atoms with van der Waals surface area (Å²) in [5, 5.41) is 26.4. The molecule has 17 nitrogen and oxygen atoms in total. The molecule has 0 aromatic carbocycles. The molecule has 1 rings (SSSR count). The second-order valence-corrected chi connectivity index (χ2v) is 21.3. The minimum Gasteiger partial charge on any atom is -0.462 e. The molecule has 17 atom stereocenters. The maximum absolute atomic E-state index is 13.5. The Morgan fingerprint density at radius 2 is 1.60 bits per heavy atom. The predicted molar refractivity (Wildman–Crippen MR) is 292 cm³/mol. The van der Waals surface area contributed by atoms with Crippen LogP contribution in [0.1, 0.15) is 121 Å². The molecule has 1 amide bonds. The van der Waals surface area contributed by atoms with Crippen LogP contribution >= 0.6 is 0 Å². The smallest absolute Gasteiger partial charge is 0.331 e. The lowest BCUT2D eigenvalue weighted by Gasteiger charge is -2.35. The highest BCUT2D eigenvalue weighted by molar-refractivity contribution is 5.82. The van der Waals surface area contributed by atoms with Crippen LogP contribution in [0.3, 0.4) is 0 Å². The topological polar surface area (TPSA) is 209 Å². The Morgan fingerprint density at radius 3 is 2.19 bits per heavy atom. The number of hydrogen-bond acceptors (Lipinski definition) is 16. The third kappa shape index (κ3) is 25.2. The van der Waals surface area contributed by atoms with Crippen LogP contribution in [0.15, 0.2) is 60.4 Å². The Hall–Kier alpha value is -4.23. The predicted octanol–water partition coefficient (Wildman–Crippen LogP) is 7.39. The molecule has 1 aliphatic rings. The molecule has 0 bridgehead atoms. The summed E-state index contributed by atoms with van der Waals surface area (Å²) in [6, 6.07) is -1.25. The molecule has 0 aliphatic carbocycles. The van der Waals surface area contributed by atoms with Gasteiger partial charge in [0.15, 0.2) is 0 Å². The second-order valence-electron chi connectivity index (χ2n) is 21.3. The number of esters is 4. The van der Waals surface area contributed by atoms with Crippen LogP contribution in [-0.2, 0) is 57.1 Å². The molecular formula is C58H99N3O14. The molecule has 1 heterocycles. The van der Waals surface area contributed by atoms with Crippen LogP contribution in [0.2, 0.25) is 0 Å². The highest BCUT2D eigenvalue weighted by Crippen LogP contribution is 2.32. The maximum Gasteiger partial charge on any atom is 0.331 e. The Balaban J connectivity index is 3.62. The van der Waals surface area contributed by atoms with Gasteiger partial charge in [-0.3, -0.25) is 24.1 Å². The van der Waals surface area contributed by atoms with Crippen molar-refractivity contribution in [2.24, 2.45) is 41.4 Å². The van der Waals surface area contributed by atoms with Crippen LogP contribution in [0.25, 0.3) is 0 Å². The Kier molecular flexibility index (Phi) is 33.7. The van der Waals surface area contributed by atoms with E-state index in [9.17, 15) is 34.2 Å². The molecule has 0 saturated carbocycles. The quantitative estimate of drug-likeness (QED) is 0.0394. The maximum atomic E-state index is 13.5. The van der Waals surface area contributed by atoms with Crippen molar-refractivity contribution in [3.8, 4) is 0 Å². The summed E-state index contributed by atoms with van der Waals surface area (Å²) in [6.45, 7) is 18.8. The van der Waals surface area contributed by atoms with Crippen molar-refractivity contribution in [3.63, 3.8) is 0 Å². The van der Waals surface area contributed by atoms with Crippen molar-refractivity contribution in [1.82, 2.24) is 15.1 Å². The SMILES string of the molecule is CNC(COC)C(=O)O[C@H]1[C@H](C)[C@H](O)C/C=C/C=C/C(=O)O[C@H]([C@@H](C)[C@@H](O)[C@@H](C)CC[C@@H](OC(=O)C(C)N(C)C)[C@H](C)[C@H](OC(C)=O)[C@H](C)/C=C/N(C)C=O)C/C=C/[C@H](OC)C[C@H](C)C/C=C(\C)[C@@H](OC)CC[C@H]1C. The number of nitrogens with one attached hydrogen (secondary N) is 1. The number of allylic oxidation sites excluding steroid dienone is 3. The normalized spacial score (nSPS) is 28.7. The van der Waals surface area contributed by atoms with Gasteiger partial charge in [0, 0.05) is 77.7 Å². The molecule has 1 aliphatic heterocycles. The van der Waals surface area contributed by atoms with Gasteiger partial charge in [0.1, 0.15) is 36.5 Å². The number of methoxy groups -OCH3 is 3. The lowest BCUT2D eigenvalue weighted by molar-refractivity contribution is -0.166. The molecule has 0 aromatic rings. The number of cyclic esters (lactones) is 1. The van der Waals surface area contributed by atoms with E-state index in [4.69, 9.17) is 33.2 Å². The molecule has 17 heteroatoms. The van der Waals surface area contributed by atoms with Crippen molar-refractivity contribution >= 4 is 30.3 Å². The fourth-order valence-corrected chi connectivity index (χ4v) is 9.29. The van der Waals surface area contributed by atoms with Crippen molar-refractivity contribution in [2.45, 2.75) is 182 Å². The zero-order valence-corrected chi connectivity index (χ0v) is 48.6. The number of aliphatic hydroxyl groups is 2. The first kappa shape index (κ1) is 68.8. The lowest BCUT2D eigenvalue weighted by atomic mass is 9.82. The summed E-state index contributed by atoms with van der Waals surface area (Å²) < 4.78 is 41.4. The number of hydrogen-bond donors (Lipinski definition) is 3. The van der Waals surface area contributed by atoms with E-state index in [1.165, 1.54) is 25.0 Å². The van der Waals surface area contributed by atoms with Crippen LogP contribution in [0.4, 0.5) is 0 Å². The molecule has 0 radical (unpaired) electrons. The average Bonchev–Trinajstić information content (AvgIpc) is 3.38. The van der Waals surface area contributed by atoms with Gasteiger partial charge in [-0.25, -0.2) is 4.79 Å². The van der Waals surface area contributed by atoms with E-state index >= 15 is 0 Å². The fraction of sp³-hybridized carbons (Fsp3) is 0.741. The van der Waals surface area contributed by atoms with Crippen LogP contribution < -0.4 is 5.32 Å². The highest BCUT2D eigenvalue weighted by Gasteiger charge is 2.38. The molecule has 0 fully saturated rings. The van der Waals surface area contributed by atoms with Crippen LogP contribution in [0.5, 0.6) is 0 Å². The Bertz CT molecular complexity index is 1840. The molecular weight excluding hydrogens is 963 g/mol. The van der Waals surface area contributed by atoms with Crippen molar-refractivity contribution in [3.05, 3.63) is 60.4 Å². The highest BCUT2D eigenvalue weighted by atomic mass is 16.6. The van der Waals surface area contributed by atoms with Gasteiger partial charge in [0.05, 0.1) is 31.0 Å². The molecule has 430 valence electrons. The van der Waals surface area contributed by atoms with Gasteiger partial charge in [0.2, 0.25) is 6.41 Å². The molecule has 0 spiro atoms.